The quantitative estimate of drug-likeness (QED) is 0.618. The van der Waals surface area contributed by atoms with Gasteiger partial charge in [-0.3, -0.25) is 4.79 Å². The molecule has 0 unspecified atom stereocenters. The van der Waals surface area contributed by atoms with Crippen molar-refractivity contribution in [2.45, 2.75) is 6.42 Å². The van der Waals surface area contributed by atoms with Gasteiger partial charge in [0.25, 0.3) is 0 Å². The van der Waals surface area contributed by atoms with Crippen molar-refractivity contribution < 1.29 is 4.79 Å². The van der Waals surface area contributed by atoms with Crippen LogP contribution in [0, 0.1) is 0 Å². The maximum Gasteiger partial charge on any atom is 0.182 e. The molecule has 0 fully saturated rings. The number of rotatable bonds is 3. The summed E-state index contributed by atoms with van der Waals surface area (Å²) in [6.07, 6.45) is 3.23. The second-order valence-electron chi connectivity index (χ2n) is 2.06. The number of nitrogens with two attached hydrogens (primary N) is 1. The molecule has 0 aliphatic heterocycles. The van der Waals surface area contributed by atoms with Crippen LogP contribution in [0.3, 0.4) is 0 Å². The summed E-state index contributed by atoms with van der Waals surface area (Å²) >= 11 is 0. The summed E-state index contributed by atoms with van der Waals surface area (Å²) in [6.45, 7) is 0.364. The molecule has 0 aromatic carbocycles. The Morgan fingerprint density at radius 3 is 3.00 bits per heavy atom. The van der Waals surface area contributed by atoms with Gasteiger partial charge in [0.15, 0.2) is 5.78 Å². The lowest BCUT2D eigenvalue weighted by atomic mass is 10.2. The van der Waals surface area contributed by atoms with Gasteiger partial charge in [-0.25, -0.2) is 9.97 Å². The average molecular weight is 151 g/mol. The maximum absolute atomic E-state index is 11.1. The first-order chi connectivity index (χ1) is 5.34. The van der Waals surface area contributed by atoms with Gasteiger partial charge in [-0.2, -0.15) is 0 Å². The smallest absolute Gasteiger partial charge is 0.182 e. The third kappa shape index (κ3) is 2.09. The predicted molar refractivity (Wildman–Crippen MR) is 40.0 cm³/mol. The van der Waals surface area contributed by atoms with Crippen molar-refractivity contribution in [3.63, 3.8) is 0 Å². The molecule has 0 saturated heterocycles. The monoisotopic (exact) mass is 151 g/mol. The van der Waals surface area contributed by atoms with Gasteiger partial charge in [-0.1, -0.05) is 0 Å². The summed E-state index contributed by atoms with van der Waals surface area (Å²) in [4.78, 5) is 18.5. The van der Waals surface area contributed by atoms with Crippen LogP contribution in [0.4, 0.5) is 0 Å². The van der Waals surface area contributed by atoms with E-state index in [1.165, 1.54) is 12.5 Å². The van der Waals surface area contributed by atoms with E-state index in [0.717, 1.165) is 0 Å². The van der Waals surface area contributed by atoms with Crippen molar-refractivity contribution in [2.75, 3.05) is 6.54 Å². The Morgan fingerprint density at radius 1 is 1.64 bits per heavy atom. The first-order valence-electron chi connectivity index (χ1n) is 3.34. The van der Waals surface area contributed by atoms with E-state index in [1.54, 1.807) is 6.07 Å². The molecule has 4 nitrogen and oxygen atoms in total. The lowest BCUT2D eigenvalue weighted by molar-refractivity contribution is 0.0980. The summed E-state index contributed by atoms with van der Waals surface area (Å²) in [5.41, 5.74) is 5.64. The van der Waals surface area contributed by atoms with Crippen molar-refractivity contribution >= 4 is 5.78 Å². The number of aromatic nitrogens is 2. The van der Waals surface area contributed by atoms with Crippen molar-refractivity contribution in [1.29, 1.82) is 0 Å². The highest BCUT2D eigenvalue weighted by atomic mass is 16.1. The molecule has 2 N–H and O–H groups in total. The summed E-state index contributed by atoms with van der Waals surface area (Å²) in [7, 11) is 0. The minimum absolute atomic E-state index is 0.0325. The molecule has 0 radical (unpaired) electrons. The van der Waals surface area contributed by atoms with Crippen LogP contribution in [0.5, 0.6) is 0 Å². The van der Waals surface area contributed by atoms with Gasteiger partial charge >= 0.3 is 0 Å². The molecule has 0 amide bonds. The van der Waals surface area contributed by atoms with Gasteiger partial charge in [0, 0.05) is 12.6 Å². The molecule has 1 heterocycles. The molecule has 0 aliphatic carbocycles. The third-order valence-electron chi connectivity index (χ3n) is 1.24. The van der Waals surface area contributed by atoms with E-state index in [9.17, 15) is 4.79 Å². The fraction of sp³-hybridized carbons (Fsp3) is 0.286. The maximum atomic E-state index is 11.1. The molecular weight excluding hydrogens is 142 g/mol. The number of hydrogen-bond acceptors (Lipinski definition) is 4. The Labute approximate surface area is 64.5 Å². The van der Waals surface area contributed by atoms with Crippen LogP contribution in [0.25, 0.3) is 0 Å². The van der Waals surface area contributed by atoms with Gasteiger partial charge < -0.3 is 5.73 Å². The van der Waals surface area contributed by atoms with E-state index >= 15 is 0 Å². The Balaban J connectivity index is 2.69. The molecule has 58 valence electrons. The van der Waals surface area contributed by atoms with Crippen LogP contribution in [0.2, 0.25) is 0 Å². The fourth-order valence-electron chi connectivity index (χ4n) is 0.715. The Kier molecular flexibility index (Phi) is 2.68. The van der Waals surface area contributed by atoms with Gasteiger partial charge in [0.05, 0.1) is 0 Å². The lowest BCUT2D eigenvalue weighted by Gasteiger charge is -1.94. The van der Waals surface area contributed by atoms with Crippen molar-refractivity contribution in [1.82, 2.24) is 9.97 Å². The van der Waals surface area contributed by atoms with Crippen LogP contribution in [-0.2, 0) is 0 Å². The molecule has 0 bridgehead atoms. The topological polar surface area (TPSA) is 68.9 Å². The summed E-state index contributed by atoms with van der Waals surface area (Å²) in [6, 6.07) is 1.58. The van der Waals surface area contributed by atoms with Crippen LogP contribution >= 0.6 is 0 Å². The molecule has 1 aromatic heterocycles. The third-order valence-corrected chi connectivity index (χ3v) is 1.24. The highest BCUT2D eigenvalue weighted by molar-refractivity contribution is 5.94. The number of carbonyl (C=O) groups excluding carboxylic acids is 1. The number of ketones is 1. The molecule has 1 rings (SSSR count). The molecule has 0 atom stereocenters. The van der Waals surface area contributed by atoms with Crippen molar-refractivity contribution in [2.24, 2.45) is 5.73 Å². The number of carbonyl (C=O) groups is 1. The lowest BCUT2D eigenvalue weighted by Crippen LogP contribution is -2.09. The van der Waals surface area contributed by atoms with Crippen LogP contribution in [0.15, 0.2) is 18.6 Å². The zero-order valence-corrected chi connectivity index (χ0v) is 6.03. The Bertz CT molecular complexity index is 235. The molecule has 0 spiro atoms. The van der Waals surface area contributed by atoms with E-state index in [-0.39, 0.29) is 5.78 Å². The largest absolute Gasteiger partial charge is 0.330 e. The standard InChI is InChI=1S/C7H9N3O/c8-3-1-7(11)6-2-4-9-5-10-6/h2,4-5H,1,3,8H2. The highest BCUT2D eigenvalue weighted by Gasteiger charge is 2.03. The normalized spacial score (nSPS) is 9.55. The SMILES string of the molecule is NCCC(=O)c1ccncn1. The molecule has 11 heavy (non-hydrogen) atoms. The van der Waals surface area contributed by atoms with E-state index in [1.807, 2.05) is 0 Å². The molecular formula is C7H9N3O. The van der Waals surface area contributed by atoms with Crippen molar-refractivity contribution in [3.8, 4) is 0 Å². The first kappa shape index (κ1) is 7.81. The predicted octanol–water partition coefficient (Wildman–Crippen LogP) is 0.00810. The minimum atomic E-state index is -0.0325. The van der Waals surface area contributed by atoms with Crippen LogP contribution in [-0.4, -0.2) is 22.3 Å². The Hall–Kier alpha value is -1.29. The summed E-state index contributed by atoms with van der Waals surface area (Å²) in [5.74, 6) is -0.0325. The Morgan fingerprint density at radius 2 is 2.45 bits per heavy atom. The van der Waals surface area contributed by atoms with E-state index in [0.29, 0.717) is 18.7 Å². The molecule has 0 saturated carbocycles. The van der Waals surface area contributed by atoms with Gasteiger partial charge in [0.1, 0.15) is 12.0 Å². The van der Waals surface area contributed by atoms with E-state index in [4.69, 9.17) is 5.73 Å². The van der Waals surface area contributed by atoms with E-state index in [2.05, 4.69) is 9.97 Å². The second-order valence-corrected chi connectivity index (χ2v) is 2.06. The second kappa shape index (κ2) is 3.78. The zero-order valence-electron chi connectivity index (χ0n) is 6.03. The molecule has 1 aromatic rings. The van der Waals surface area contributed by atoms with Crippen LogP contribution in [0.1, 0.15) is 16.9 Å². The summed E-state index contributed by atoms with van der Waals surface area (Å²) in [5, 5.41) is 0. The minimum Gasteiger partial charge on any atom is -0.330 e. The molecule has 0 aliphatic rings. The zero-order chi connectivity index (χ0) is 8.10. The van der Waals surface area contributed by atoms with Crippen LogP contribution < -0.4 is 5.73 Å². The fourth-order valence-corrected chi connectivity index (χ4v) is 0.715. The van der Waals surface area contributed by atoms with Gasteiger partial charge in [0.2, 0.25) is 0 Å². The van der Waals surface area contributed by atoms with Gasteiger partial charge in [-0.15, -0.1) is 0 Å². The van der Waals surface area contributed by atoms with Crippen molar-refractivity contribution in [3.05, 3.63) is 24.3 Å². The number of hydrogen-bond donors (Lipinski definition) is 1. The molecule has 4 heteroatoms. The average Bonchev–Trinajstić information content (AvgIpc) is 2.07. The van der Waals surface area contributed by atoms with E-state index < -0.39 is 0 Å². The number of Topliss-reactive ketones (excluding diaryl/α,β-unsaturated/α-hetero) is 1. The number of nitrogens with zero attached hydrogens (tertiary/aromatic N) is 2. The van der Waals surface area contributed by atoms with Gasteiger partial charge in [-0.05, 0) is 12.6 Å². The summed E-state index contributed by atoms with van der Waals surface area (Å²) < 4.78 is 0. The highest BCUT2D eigenvalue weighted by Crippen LogP contribution is 1.95. The first-order valence-corrected chi connectivity index (χ1v) is 3.34.